The van der Waals surface area contributed by atoms with Crippen molar-refractivity contribution in [3.8, 4) is 22.6 Å². The van der Waals surface area contributed by atoms with Gasteiger partial charge >= 0.3 is 12.1 Å². The van der Waals surface area contributed by atoms with Gasteiger partial charge in [-0.15, -0.1) is 0 Å². The zero-order chi connectivity index (χ0) is 20.3. The number of benzene rings is 1. The van der Waals surface area contributed by atoms with Gasteiger partial charge in [-0.1, -0.05) is 29.4 Å². The highest BCUT2D eigenvalue weighted by Gasteiger charge is 2.38. The minimum atomic E-state index is -4.67. The summed E-state index contributed by atoms with van der Waals surface area (Å²) in [5.41, 5.74) is 2.86. The van der Waals surface area contributed by atoms with Crippen molar-refractivity contribution in [1.29, 1.82) is 0 Å². The fourth-order valence-electron chi connectivity index (χ4n) is 2.52. The molecular weight excluding hydrogens is 385 g/mol. The summed E-state index contributed by atoms with van der Waals surface area (Å²) in [6.45, 7) is 0.450. The lowest BCUT2D eigenvalue weighted by atomic mass is 10.1. The SMILES string of the molecule is FC(F)(F)c1nc(-c2ccc(CNc3cncc(-c4cccnc4)n3)cc2)no1. The highest BCUT2D eigenvalue weighted by Crippen LogP contribution is 2.29. The summed E-state index contributed by atoms with van der Waals surface area (Å²) in [6, 6.07) is 10.5. The molecule has 146 valence electrons. The Kier molecular flexibility index (Phi) is 4.90. The Morgan fingerprint density at radius 2 is 1.72 bits per heavy atom. The minimum Gasteiger partial charge on any atom is -0.365 e. The maximum atomic E-state index is 12.6. The van der Waals surface area contributed by atoms with E-state index in [1.165, 1.54) is 0 Å². The lowest BCUT2D eigenvalue weighted by Gasteiger charge is -2.07. The second kappa shape index (κ2) is 7.66. The molecule has 0 aliphatic carbocycles. The van der Waals surface area contributed by atoms with Gasteiger partial charge in [-0.2, -0.15) is 18.2 Å². The standard InChI is InChI=1S/C19H13F3N6O/c20-19(21,22)18-27-17(28-29-18)13-5-3-12(4-6-13)8-25-16-11-24-10-15(26-16)14-2-1-7-23-9-14/h1-7,9-11H,8H2,(H,25,26). The van der Waals surface area contributed by atoms with Gasteiger partial charge in [0.2, 0.25) is 5.82 Å². The van der Waals surface area contributed by atoms with Gasteiger partial charge in [-0.05, 0) is 17.7 Å². The van der Waals surface area contributed by atoms with Gasteiger partial charge in [0.25, 0.3) is 0 Å². The molecule has 0 saturated carbocycles. The van der Waals surface area contributed by atoms with Crippen LogP contribution in [0.4, 0.5) is 19.0 Å². The number of halogens is 3. The number of hydrogen-bond acceptors (Lipinski definition) is 7. The van der Waals surface area contributed by atoms with Gasteiger partial charge in [0, 0.05) is 30.1 Å². The predicted molar refractivity (Wildman–Crippen MR) is 97.3 cm³/mol. The van der Waals surface area contributed by atoms with Crippen LogP contribution in [0.1, 0.15) is 11.5 Å². The van der Waals surface area contributed by atoms with Crippen molar-refractivity contribution in [2.45, 2.75) is 12.7 Å². The summed E-state index contributed by atoms with van der Waals surface area (Å²) in [7, 11) is 0. The molecular formula is C19H13F3N6O. The predicted octanol–water partition coefficient (Wildman–Crippen LogP) is 4.22. The van der Waals surface area contributed by atoms with Crippen LogP contribution in [-0.4, -0.2) is 25.1 Å². The van der Waals surface area contributed by atoms with Crippen LogP contribution in [-0.2, 0) is 12.7 Å². The van der Waals surface area contributed by atoms with Crippen LogP contribution in [0.2, 0.25) is 0 Å². The zero-order valence-electron chi connectivity index (χ0n) is 14.8. The average molecular weight is 398 g/mol. The Bertz CT molecular complexity index is 1100. The zero-order valence-corrected chi connectivity index (χ0v) is 14.8. The Labute approximate surface area is 162 Å². The quantitative estimate of drug-likeness (QED) is 0.538. The number of nitrogens with zero attached hydrogens (tertiary/aromatic N) is 5. The Morgan fingerprint density at radius 1 is 0.897 bits per heavy atom. The maximum Gasteiger partial charge on any atom is 0.471 e. The molecule has 0 amide bonds. The van der Waals surface area contributed by atoms with Gasteiger partial charge in [0.05, 0.1) is 18.1 Å². The molecule has 1 aromatic carbocycles. The summed E-state index contributed by atoms with van der Waals surface area (Å²) in [4.78, 5) is 16.1. The molecule has 3 heterocycles. The van der Waals surface area contributed by atoms with E-state index in [-0.39, 0.29) is 5.82 Å². The van der Waals surface area contributed by atoms with Crippen molar-refractivity contribution in [1.82, 2.24) is 25.1 Å². The molecule has 0 atom stereocenters. The number of alkyl halides is 3. The van der Waals surface area contributed by atoms with Crippen molar-refractivity contribution in [2.75, 3.05) is 5.32 Å². The normalized spacial score (nSPS) is 11.4. The van der Waals surface area contributed by atoms with E-state index in [2.05, 4.69) is 34.9 Å². The van der Waals surface area contributed by atoms with Crippen molar-refractivity contribution in [3.05, 3.63) is 72.6 Å². The molecule has 0 aliphatic rings. The summed E-state index contributed by atoms with van der Waals surface area (Å²) in [5, 5.41) is 6.53. The second-order valence-corrected chi connectivity index (χ2v) is 6.00. The van der Waals surface area contributed by atoms with Crippen LogP contribution in [0.3, 0.4) is 0 Å². The van der Waals surface area contributed by atoms with Crippen LogP contribution in [0.5, 0.6) is 0 Å². The van der Waals surface area contributed by atoms with E-state index in [9.17, 15) is 13.2 Å². The van der Waals surface area contributed by atoms with E-state index in [0.717, 1.165) is 11.1 Å². The first-order chi connectivity index (χ1) is 14.0. The number of aromatic nitrogens is 5. The Balaban J connectivity index is 1.43. The van der Waals surface area contributed by atoms with Gasteiger partial charge in [-0.25, -0.2) is 4.98 Å². The molecule has 0 radical (unpaired) electrons. The summed E-state index contributed by atoms with van der Waals surface area (Å²) in [6.07, 6.45) is 1.97. The fraction of sp³-hybridized carbons (Fsp3) is 0.105. The number of nitrogens with one attached hydrogen (secondary N) is 1. The third kappa shape index (κ3) is 4.37. The molecule has 0 fully saturated rings. The monoisotopic (exact) mass is 398 g/mol. The van der Waals surface area contributed by atoms with Gasteiger partial charge in [0.15, 0.2) is 0 Å². The van der Waals surface area contributed by atoms with Crippen molar-refractivity contribution < 1.29 is 17.7 Å². The van der Waals surface area contributed by atoms with E-state index in [0.29, 0.717) is 23.6 Å². The molecule has 7 nitrogen and oxygen atoms in total. The summed E-state index contributed by atoms with van der Waals surface area (Å²) < 4.78 is 41.9. The van der Waals surface area contributed by atoms with E-state index in [1.807, 2.05) is 12.1 Å². The molecule has 0 saturated heterocycles. The van der Waals surface area contributed by atoms with Crippen LogP contribution >= 0.6 is 0 Å². The average Bonchev–Trinajstić information content (AvgIpc) is 3.24. The molecule has 29 heavy (non-hydrogen) atoms. The van der Waals surface area contributed by atoms with E-state index < -0.39 is 12.1 Å². The molecule has 4 aromatic rings. The van der Waals surface area contributed by atoms with Crippen molar-refractivity contribution in [3.63, 3.8) is 0 Å². The van der Waals surface area contributed by atoms with E-state index in [1.54, 1.807) is 49.1 Å². The number of anilines is 1. The van der Waals surface area contributed by atoms with Gasteiger partial charge in [0.1, 0.15) is 5.82 Å². The van der Waals surface area contributed by atoms with Crippen LogP contribution in [0.25, 0.3) is 22.6 Å². The number of rotatable bonds is 5. The lowest BCUT2D eigenvalue weighted by Crippen LogP contribution is -2.04. The lowest BCUT2D eigenvalue weighted by molar-refractivity contribution is -0.159. The maximum absolute atomic E-state index is 12.6. The molecule has 0 bridgehead atoms. The molecule has 0 unspecified atom stereocenters. The largest absolute Gasteiger partial charge is 0.471 e. The van der Waals surface area contributed by atoms with E-state index >= 15 is 0 Å². The molecule has 4 rings (SSSR count). The number of hydrogen-bond donors (Lipinski definition) is 1. The minimum absolute atomic E-state index is 0.119. The first kappa shape index (κ1) is 18.5. The number of pyridine rings is 1. The van der Waals surface area contributed by atoms with Crippen molar-refractivity contribution in [2.24, 2.45) is 0 Å². The Hall–Kier alpha value is -3.82. The molecule has 0 spiro atoms. The fourth-order valence-corrected chi connectivity index (χ4v) is 2.52. The highest BCUT2D eigenvalue weighted by molar-refractivity contribution is 5.58. The van der Waals surface area contributed by atoms with Crippen LogP contribution in [0, 0.1) is 0 Å². The first-order valence-electron chi connectivity index (χ1n) is 8.45. The molecule has 3 aromatic heterocycles. The van der Waals surface area contributed by atoms with Crippen molar-refractivity contribution >= 4 is 5.82 Å². The highest BCUT2D eigenvalue weighted by atomic mass is 19.4. The van der Waals surface area contributed by atoms with Crippen LogP contribution < -0.4 is 5.32 Å². The summed E-state index contributed by atoms with van der Waals surface area (Å²) >= 11 is 0. The van der Waals surface area contributed by atoms with Crippen LogP contribution in [0.15, 0.2) is 65.7 Å². The topological polar surface area (TPSA) is 89.6 Å². The molecule has 10 heteroatoms. The summed E-state index contributed by atoms with van der Waals surface area (Å²) in [5.74, 6) is -0.902. The second-order valence-electron chi connectivity index (χ2n) is 6.00. The first-order valence-corrected chi connectivity index (χ1v) is 8.45. The Morgan fingerprint density at radius 3 is 2.41 bits per heavy atom. The third-order valence-electron chi connectivity index (χ3n) is 3.95. The molecule has 1 N–H and O–H groups in total. The molecule has 0 aliphatic heterocycles. The third-order valence-corrected chi connectivity index (χ3v) is 3.95. The van der Waals surface area contributed by atoms with E-state index in [4.69, 9.17) is 0 Å². The van der Waals surface area contributed by atoms with Gasteiger partial charge in [-0.3, -0.25) is 9.97 Å². The smallest absolute Gasteiger partial charge is 0.365 e. The van der Waals surface area contributed by atoms with Gasteiger partial charge < -0.3 is 9.84 Å².